The molecule has 2 aliphatic rings. The number of esters is 1. The number of rotatable bonds is 10. The van der Waals surface area contributed by atoms with Crippen molar-refractivity contribution in [2.24, 2.45) is 5.92 Å². The average Bonchev–Trinajstić information content (AvgIpc) is 3.33. The van der Waals surface area contributed by atoms with Crippen LogP contribution in [0.15, 0.2) is 54.6 Å². The zero-order valence-electron chi connectivity index (χ0n) is 21.8. The van der Waals surface area contributed by atoms with E-state index in [1.807, 2.05) is 54.6 Å². The molecule has 2 aromatic carbocycles. The summed E-state index contributed by atoms with van der Waals surface area (Å²) in [5.74, 6) is -0.0452. The zero-order chi connectivity index (χ0) is 26.0. The van der Waals surface area contributed by atoms with Gasteiger partial charge in [0.25, 0.3) is 0 Å². The van der Waals surface area contributed by atoms with Crippen LogP contribution in [-0.2, 0) is 31.9 Å². The highest BCUT2D eigenvalue weighted by Gasteiger charge is 2.41. The van der Waals surface area contributed by atoms with Crippen molar-refractivity contribution in [1.29, 1.82) is 0 Å². The molecule has 1 atom stereocenters. The van der Waals surface area contributed by atoms with Gasteiger partial charge in [-0.15, -0.1) is 0 Å². The number of hydrogen-bond donors (Lipinski definition) is 0. The fourth-order valence-corrected chi connectivity index (χ4v) is 5.49. The van der Waals surface area contributed by atoms with Gasteiger partial charge in [0.2, 0.25) is 5.91 Å². The minimum atomic E-state index is -0.760. The van der Waals surface area contributed by atoms with Gasteiger partial charge < -0.3 is 14.4 Å². The van der Waals surface area contributed by atoms with Crippen molar-refractivity contribution in [3.63, 3.8) is 0 Å². The van der Waals surface area contributed by atoms with Crippen molar-refractivity contribution in [2.45, 2.75) is 63.8 Å². The fourth-order valence-electron chi connectivity index (χ4n) is 5.49. The molecule has 37 heavy (non-hydrogen) atoms. The van der Waals surface area contributed by atoms with Crippen molar-refractivity contribution < 1.29 is 23.9 Å². The van der Waals surface area contributed by atoms with Crippen LogP contribution < -0.4 is 4.90 Å². The lowest BCUT2D eigenvalue weighted by Crippen LogP contribution is -2.51. The molecule has 0 spiro atoms. The van der Waals surface area contributed by atoms with Gasteiger partial charge in [-0.2, -0.15) is 0 Å². The molecule has 7 heteroatoms. The maximum absolute atomic E-state index is 13.8. The third kappa shape index (κ3) is 7.12. The van der Waals surface area contributed by atoms with E-state index in [-0.39, 0.29) is 12.5 Å². The van der Waals surface area contributed by atoms with Crippen LogP contribution in [0.2, 0.25) is 0 Å². The number of nitrogens with zero attached hydrogens (tertiary/aromatic N) is 2. The summed E-state index contributed by atoms with van der Waals surface area (Å²) in [4.78, 5) is 42.2. The number of fused-ring (bicyclic) bond motifs is 1. The first-order valence-electron chi connectivity index (χ1n) is 13.5. The van der Waals surface area contributed by atoms with E-state index in [2.05, 4.69) is 0 Å². The van der Waals surface area contributed by atoms with Crippen molar-refractivity contribution >= 4 is 23.7 Å². The zero-order valence-corrected chi connectivity index (χ0v) is 21.8. The number of carbonyl (C=O) groups is 3. The molecule has 1 fully saturated rings. The molecule has 1 saturated carbocycles. The first-order valence-corrected chi connectivity index (χ1v) is 13.5. The van der Waals surface area contributed by atoms with E-state index in [0.29, 0.717) is 31.7 Å². The van der Waals surface area contributed by atoms with E-state index < -0.39 is 18.1 Å². The largest absolute Gasteiger partial charge is 0.468 e. The van der Waals surface area contributed by atoms with Crippen molar-refractivity contribution in [1.82, 2.24) is 4.90 Å². The van der Waals surface area contributed by atoms with Crippen molar-refractivity contribution in [3.05, 3.63) is 65.7 Å². The Hall–Kier alpha value is -3.35. The van der Waals surface area contributed by atoms with Gasteiger partial charge in [-0.3, -0.25) is 14.5 Å². The fraction of sp³-hybridized carbons (Fsp3) is 0.500. The molecular formula is C30H38N2O5. The lowest BCUT2D eigenvalue weighted by atomic mass is 9.86. The molecule has 7 nitrogen and oxygen atoms in total. The van der Waals surface area contributed by atoms with E-state index >= 15 is 0 Å². The normalized spacial score (nSPS) is 17.2. The van der Waals surface area contributed by atoms with E-state index in [9.17, 15) is 14.4 Å². The number of anilines is 1. The molecule has 1 heterocycles. The molecule has 0 unspecified atom stereocenters. The van der Waals surface area contributed by atoms with Crippen LogP contribution in [0.1, 0.15) is 56.1 Å². The number of carbonyl (C=O) groups excluding carboxylic acids is 3. The molecule has 0 N–H and O–H groups in total. The Morgan fingerprint density at radius 3 is 2.46 bits per heavy atom. The second-order valence-electron chi connectivity index (χ2n) is 10.1. The number of ether oxygens (including phenoxy) is 2. The predicted octanol–water partition coefficient (Wildman–Crippen LogP) is 5.16. The van der Waals surface area contributed by atoms with Gasteiger partial charge >= 0.3 is 12.1 Å². The lowest BCUT2D eigenvalue weighted by molar-refractivity contribution is -0.147. The van der Waals surface area contributed by atoms with Gasteiger partial charge in [-0.25, -0.2) is 4.79 Å². The molecule has 0 saturated heterocycles. The van der Waals surface area contributed by atoms with Gasteiger partial charge in [0.1, 0.15) is 12.6 Å². The minimum Gasteiger partial charge on any atom is -0.468 e. The Morgan fingerprint density at radius 2 is 1.70 bits per heavy atom. The highest BCUT2D eigenvalue weighted by Crippen LogP contribution is 2.34. The summed E-state index contributed by atoms with van der Waals surface area (Å²) < 4.78 is 10.5. The van der Waals surface area contributed by atoms with Crippen LogP contribution in [0, 0.1) is 5.92 Å². The lowest BCUT2D eigenvalue weighted by Gasteiger charge is -2.30. The summed E-state index contributed by atoms with van der Waals surface area (Å²) in [5, 5.41) is 0. The summed E-state index contributed by atoms with van der Waals surface area (Å²) in [6.07, 6.45) is 8.82. The van der Waals surface area contributed by atoms with Crippen molar-refractivity contribution in [3.8, 4) is 0 Å². The summed E-state index contributed by atoms with van der Waals surface area (Å²) >= 11 is 0. The quantitative estimate of drug-likeness (QED) is 0.329. The number of hydrogen-bond acceptors (Lipinski definition) is 5. The Morgan fingerprint density at radius 1 is 0.973 bits per heavy atom. The second-order valence-corrected chi connectivity index (χ2v) is 10.1. The van der Waals surface area contributed by atoms with Crippen LogP contribution >= 0.6 is 0 Å². The number of para-hydroxylation sites is 1. The second kappa shape index (κ2) is 13.3. The minimum absolute atomic E-state index is 0.167. The average molecular weight is 507 g/mol. The number of benzene rings is 2. The van der Waals surface area contributed by atoms with Crippen molar-refractivity contribution in [2.75, 3.05) is 31.7 Å². The van der Waals surface area contributed by atoms with Crippen LogP contribution in [0.3, 0.4) is 0 Å². The third-order valence-corrected chi connectivity index (χ3v) is 7.54. The third-order valence-electron chi connectivity index (χ3n) is 7.54. The summed E-state index contributed by atoms with van der Waals surface area (Å²) in [7, 11) is 1.31. The predicted molar refractivity (Wildman–Crippen MR) is 142 cm³/mol. The molecule has 0 aromatic heterocycles. The van der Waals surface area contributed by atoms with Gasteiger partial charge in [0.15, 0.2) is 0 Å². The first kappa shape index (κ1) is 26.7. The highest BCUT2D eigenvalue weighted by atomic mass is 16.6. The smallest absolute Gasteiger partial charge is 0.415 e. The van der Waals surface area contributed by atoms with Gasteiger partial charge in [0.05, 0.1) is 19.4 Å². The molecule has 1 aliphatic heterocycles. The Labute approximate surface area is 219 Å². The number of methoxy groups -OCH3 is 1. The number of amides is 2. The van der Waals surface area contributed by atoms with Gasteiger partial charge in [-0.05, 0) is 42.4 Å². The molecule has 1 aliphatic carbocycles. The van der Waals surface area contributed by atoms with E-state index in [0.717, 1.165) is 29.9 Å². The monoisotopic (exact) mass is 506 g/mol. The Balaban J connectivity index is 1.44. The molecular weight excluding hydrogens is 468 g/mol. The Kier molecular flexibility index (Phi) is 9.58. The maximum Gasteiger partial charge on any atom is 0.415 e. The molecule has 2 aromatic rings. The standard InChI is InChI=1S/C30H38N2O5/c1-36-28(33)22-31(19-18-24-13-6-3-7-14-24)29(34)27-21-25-16-8-9-17-26(25)32(27)30(35)37-20-10-15-23-11-4-2-5-12-23/h3,6-9,13-14,16-17,23,27H,2,4-5,10-12,15,18-22H2,1H3/t27-/m1/s1. The Bertz CT molecular complexity index is 1050. The van der Waals surface area contributed by atoms with E-state index in [1.54, 1.807) is 0 Å². The molecule has 4 rings (SSSR count). The van der Waals surface area contributed by atoms with Crippen LogP contribution in [0.4, 0.5) is 10.5 Å². The van der Waals surface area contributed by atoms with Crippen LogP contribution in [0.25, 0.3) is 0 Å². The van der Waals surface area contributed by atoms with E-state index in [1.165, 1.54) is 49.0 Å². The first-order chi connectivity index (χ1) is 18.1. The topological polar surface area (TPSA) is 76.2 Å². The molecule has 198 valence electrons. The summed E-state index contributed by atoms with van der Waals surface area (Å²) in [5.41, 5.74) is 2.68. The van der Waals surface area contributed by atoms with Gasteiger partial charge in [-0.1, -0.05) is 80.6 Å². The van der Waals surface area contributed by atoms with Gasteiger partial charge in [0, 0.05) is 13.0 Å². The maximum atomic E-state index is 13.8. The molecule has 0 bridgehead atoms. The van der Waals surface area contributed by atoms with Crippen LogP contribution in [-0.4, -0.2) is 55.7 Å². The van der Waals surface area contributed by atoms with E-state index in [4.69, 9.17) is 9.47 Å². The SMILES string of the molecule is COC(=O)CN(CCc1ccccc1)C(=O)[C@H]1Cc2ccccc2N1C(=O)OCCCC1CCCCC1. The summed E-state index contributed by atoms with van der Waals surface area (Å²) in [6.45, 7) is 0.517. The summed E-state index contributed by atoms with van der Waals surface area (Å²) in [6, 6.07) is 16.6. The molecule has 0 radical (unpaired) electrons. The molecule has 2 amide bonds. The van der Waals surface area contributed by atoms with Crippen LogP contribution in [0.5, 0.6) is 0 Å². The highest BCUT2D eigenvalue weighted by molar-refractivity contribution is 6.01.